The number of hydrogen-bond acceptors (Lipinski definition) is 3. The number of benzene rings is 7. The Bertz CT molecular complexity index is 3650. The van der Waals surface area contributed by atoms with Crippen molar-refractivity contribution in [2.75, 3.05) is 0 Å². The van der Waals surface area contributed by atoms with E-state index in [1.54, 1.807) is 6.20 Å². The van der Waals surface area contributed by atoms with Crippen LogP contribution in [-0.2, 0) is 36.4 Å². The van der Waals surface area contributed by atoms with E-state index in [2.05, 4.69) is 193 Å². The molecule has 3 nitrogen and oxygen atoms in total. The highest BCUT2D eigenvalue weighted by Crippen LogP contribution is 2.43. The lowest BCUT2D eigenvalue weighted by Crippen LogP contribution is -2.23. The van der Waals surface area contributed by atoms with Gasteiger partial charge in [-0.2, -0.15) is 0 Å². The topological polar surface area (TPSA) is 38.7 Å². The van der Waals surface area contributed by atoms with Crippen molar-refractivity contribution in [3.05, 3.63) is 270 Å². The minimum absolute atomic E-state index is 0.206. The molecule has 388 valence electrons. The molecule has 1 fully saturated rings. The molecule has 78 heavy (non-hydrogen) atoms. The van der Waals surface area contributed by atoms with Crippen molar-refractivity contribution in [1.29, 1.82) is 0 Å². The number of nitrogens with zero attached hydrogens (tertiary/aromatic N) is 3. The third-order valence-corrected chi connectivity index (χ3v) is 16.3. The summed E-state index contributed by atoms with van der Waals surface area (Å²) in [4.78, 5) is 14.9. The summed E-state index contributed by atoms with van der Waals surface area (Å²) < 4.78 is 40.6. The average Bonchev–Trinajstić information content (AvgIpc) is 3.47. The molecule has 1 saturated carbocycles. The lowest BCUT2D eigenvalue weighted by molar-refractivity contribution is 0.224. The standard InChI is InChI=1S/C75H73N3/c1-73(2)40-38-59(39-41-73)58-30-32-60(33-31-58)69-47-72(61-22-14-9-15-23-61)76-50-66(69)29-28-53-42-54(48-74(3,4)67-34-36-70(77-51-67)64-26-16-24-62(45-64)56-18-10-7-11-19-56)44-55(43-53)49-75(5,6)68-35-37-71(78-52-68)65-27-17-25-63(46-65)57-20-12-8-13-21-57/h7-27,30-37,42-47,50-52,59H,28-29,38-41,48-49H2,1-6H3/i28D2,29D2. The molecule has 3 heterocycles. The highest BCUT2D eigenvalue weighted by atomic mass is 14.7. The van der Waals surface area contributed by atoms with Crippen molar-refractivity contribution in [3.8, 4) is 67.2 Å². The van der Waals surface area contributed by atoms with Gasteiger partial charge in [-0.25, -0.2) is 0 Å². The molecule has 1 aliphatic rings. The largest absolute Gasteiger partial charge is 0.256 e. The summed E-state index contributed by atoms with van der Waals surface area (Å²) in [6, 6.07) is 72.7. The Kier molecular flexibility index (Phi) is 13.6. The molecule has 0 atom stereocenters. The number of rotatable bonds is 16. The van der Waals surface area contributed by atoms with Gasteiger partial charge in [0.05, 0.1) is 17.1 Å². The molecule has 0 saturated heterocycles. The molecule has 3 heteroatoms. The quantitative estimate of drug-likeness (QED) is 0.0968. The van der Waals surface area contributed by atoms with Gasteiger partial charge < -0.3 is 0 Å². The Balaban J connectivity index is 0.947. The molecular weight excluding hydrogens is 943 g/mol. The van der Waals surface area contributed by atoms with Crippen LogP contribution in [0.1, 0.15) is 118 Å². The van der Waals surface area contributed by atoms with Crippen molar-refractivity contribution < 1.29 is 5.48 Å². The van der Waals surface area contributed by atoms with Gasteiger partial charge in [0.2, 0.25) is 0 Å². The lowest BCUT2D eigenvalue weighted by Gasteiger charge is -2.34. The number of aryl methyl sites for hydroxylation is 2. The van der Waals surface area contributed by atoms with E-state index in [1.165, 1.54) is 18.4 Å². The minimum atomic E-state index is -2.53. The molecule has 0 N–H and O–H groups in total. The molecule has 11 rings (SSSR count). The third-order valence-electron chi connectivity index (χ3n) is 16.3. The monoisotopic (exact) mass is 1020 g/mol. The maximum absolute atomic E-state index is 10.2. The Labute approximate surface area is 470 Å². The second-order valence-electron chi connectivity index (χ2n) is 23.7. The summed E-state index contributed by atoms with van der Waals surface area (Å²) in [5, 5.41) is 0. The molecular formula is C75H73N3. The summed E-state index contributed by atoms with van der Waals surface area (Å²) in [6.45, 7) is 13.6. The summed E-state index contributed by atoms with van der Waals surface area (Å²) in [5.74, 6) is 0.480. The average molecular weight is 1020 g/mol. The van der Waals surface area contributed by atoms with Gasteiger partial charge in [0.25, 0.3) is 0 Å². The zero-order valence-corrected chi connectivity index (χ0v) is 46.1. The van der Waals surface area contributed by atoms with E-state index in [9.17, 15) is 5.48 Å². The molecule has 0 spiro atoms. The fourth-order valence-corrected chi connectivity index (χ4v) is 11.5. The van der Waals surface area contributed by atoms with Crippen LogP contribution in [0, 0.1) is 5.41 Å². The zero-order chi connectivity index (χ0) is 57.3. The highest BCUT2D eigenvalue weighted by Gasteiger charge is 2.28. The van der Waals surface area contributed by atoms with Crippen LogP contribution in [0.2, 0.25) is 0 Å². The van der Waals surface area contributed by atoms with Crippen molar-refractivity contribution in [3.63, 3.8) is 0 Å². The second kappa shape index (κ2) is 22.5. The SMILES string of the molecule is [2H]C([2H])(c1cc(CC(C)(C)c2ccc(-c3cccc(-c4ccccc4)c3)nc2)cc(CC(C)(C)c2ccc(-c3cccc(-c4ccccc4)c3)nc2)c1)C([2H])([2H])c1cnc(-c2ccccc2)cc1-c1ccc(C2CCC(C)(C)CC2)cc1. The first-order valence-electron chi connectivity index (χ1n) is 29.9. The Morgan fingerprint density at radius 2 is 0.859 bits per heavy atom. The van der Waals surface area contributed by atoms with Crippen LogP contribution in [0.15, 0.2) is 231 Å². The molecule has 10 aromatic rings. The first kappa shape index (κ1) is 47.2. The fraction of sp³-hybridized carbons (Fsp3) is 0.240. The van der Waals surface area contributed by atoms with Crippen LogP contribution in [-0.4, -0.2) is 15.0 Å². The molecule has 0 bridgehead atoms. The molecule has 3 aromatic heterocycles. The smallest absolute Gasteiger partial charge is 0.0708 e. The van der Waals surface area contributed by atoms with E-state index >= 15 is 0 Å². The van der Waals surface area contributed by atoms with Gasteiger partial charge in [-0.05, 0) is 176 Å². The van der Waals surface area contributed by atoms with Crippen LogP contribution < -0.4 is 0 Å². The van der Waals surface area contributed by atoms with Gasteiger partial charge in [0.15, 0.2) is 0 Å². The number of aromatic nitrogens is 3. The van der Waals surface area contributed by atoms with Gasteiger partial charge in [0, 0.05) is 40.8 Å². The van der Waals surface area contributed by atoms with Crippen LogP contribution >= 0.6 is 0 Å². The van der Waals surface area contributed by atoms with E-state index in [0.717, 1.165) is 91.0 Å². The Morgan fingerprint density at radius 3 is 1.35 bits per heavy atom. The fourth-order valence-electron chi connectivity index (χ4n) is 11.5. The molecule has 7 aromatic carbocycles. The molecule has 0 amide bonds. The van der Waals surface area contributed by atoms with Crippen LogP contribution in [0.25, 0.3) is 67.2 Å². The first-order valence-corrected chi connectivity index (χ1v) is 27.9. The molecule has 0 radical (unpaired) electrons. The summed E-state index contributed by atoms with van der Waals surface area (Å²) >= 11 is 0. The van der Waals surface area contributed by atoms with Gasteiger partial charge in [-0.15, -0.1) is 0 Å². The van der Waals surface area contributed by atoms with Crippen LogP contribution in [0.5, 0.6) is 0 Å². The minimum Gasteiger partial charge on any atom is -0.256 e. The van der Waals surface area contributed by atoms with E-state index < -0.39 is 23.6 Å². The van der Waals surface area contributed by atoms with Gasteiger partial charge in [-0.3, -0.25) is 15.0 Å². The van der Waals surface area contributed by atoms with Gasteiger partial charge in [-0.1, -0.05) is 224 Å². The summed E-state index contributed by atoms with van der Waals surface area (Å²) in [7, 11) is 0. The second-order valence-corrected chi connectivity index (χ2v) is 23.7. The van der Waals surface area contributed by atoms with Crippen LogP contribution in [0.3, 0.4) is 0 Å². The van der Waals surface area contributed by atoms with Crippen molar-refractivity contribution in [2.24, 2.45) is 5.41 Å². The maximum atomic E-state index is 10.2. The Hall–Kier alpha value is -8.01. The van der Waals surface area contributed by atoms with E-state index in [4.69, 9.17) is 15.0 Å². The predicted octanol–water partition coefficient (Wildman–Crippen LogP) is 19.4. The van der Waals surface area contributed by atoms with Gasteiger partial charge in [0.1, 0.15) is 0 Å². The summed E-state index contributed by atoms with van der Waals surface area (Å²) in [5.41, 5.74) is 16.7. The normalized spacial score (nSPS) is 14.9. The highest BCUT2D eigenvalue weighted by molar-refractivity contribution is 5.75. The summed E-state index contributed by atoms with van der Waals surface area (Å²) in [6.07, 6.45) is 6.25. The van der Waals surface area contributed by atoms with E-state index in [0.29, 0.717) is 35.4 Å². The van der Waals surface area contributed by atoms with Crippen LogP contribution in [0.4, 0.5) is 0 Å². The zero-order valence-electron chi connectivity index (χ0n) is 50.1. The third kappa shape index (κ3) is 12.2. The Morgan fingerprint density at radius 1 is 0.410 bits per heavy atom. The van der Waals surface area contributed by atoms with Crippen molar-refractivity contribution >= 4 is 0 Å². The number of hydrogen-bond donors (Lipinski definition) is 0. The number of pyridine rings is 3. The first-order chi connectivity index (χ1) is 39.3. The van der Waals surface area contributed by atoms with Crippen molar-refractivity contribution in [2.45, 2.75) is 110 Å². The molecule has 1 aliphatic carbocycles. The van der Waals surface area contributed by atoms with E-state index in [1.807, 2.05) is 73.1 Å². The van der Waals surface area contributed by atoms with E-state index in [-0.39, 0.29) is 11.1 Å². The molecule has 0 aliphatic heterocycles. The van der Waals surface area contributed by atoms with Crippen molar-refractivity contribution in [1.82, 2.24) is 15.0 Å². The predicted molar refractivity (Wildman–Crippen MR) is 328 cm³/mol. The maximum Gasteiger partial charge on any atom is 0.0708 e. The van der Waals surface area contributed by atoms with Gasteiger partial charge >= 0.3 is 0 Å². The molecule has 0 unspecified atom stereocenters. The lowest BCUT2D eigenvalue weighted by atomic mass is 9.71.